The summed E-state index contributed by atoms with van der Waals surface area (Å²) in [5.74, 6) is -0.844. The number of carboxylic acids is 1. The fourth-order valence-corrected chi connectivity index (χ4v) is 12.8. The average molecular weight is 1140 g/mol. The van der Waals surface area contributed by atoms with Crippen LogP contribution in [0.4, 0.5) is 11.4 Å². The molecule has 0 bridgehead atoms. The second-order valence-electron chi connectivity index (χ2n) is 8.32. The first-order valence-corrected chi connectivity index (χ1v) is 17.6. The van der Waals surface area contributed by atoms with Crippen molar-refractivity contribution >= 4 is 153 Å². The minimum atomic E-state index is -1.22. The zero-order chi connectivity index (χ0) is 25.6. The molecule has 0 spiro atoms. The minimum absolute atomic E-state index is 0.509. The van der Waals surface area contributed by atoms with Crippen LogP contribution in [0.25, 0.3) is 0 Å². The number of hydrogen-bond acceptors (Lipinski definition) is 3. The standard InChI is InChI=1S/C24H28I6N2O2/c1-2-3-4-5-6-7-8-9-10-24(23(33)34,17-13(25)11-15(27)21(31)19(17)29)18-14(26)12-16(28)22(32)20(18)30/h11-12H,2-10,31-32H2,1H3,(H,33,34). The fourth-order valence-electron chi connectivity index (χ4n) is 4.21. The number of anilines is 2. The Morgan fingerprint density at radius 2 is 1.12 bits per heavy atom. The summed E-state index contributed by atoms with van der Waals surface area (Å²) in [6.07, 6.45) is 9.76. The Bertz CT molecular complexity index is 982. The summed E-state index contributed by atoms with van der Waals surface area (Å²) in [5.41, 5.74) is 14.5. The minimum Gasteiger partial charge on any atom is -0.480 e. The van der Waals surface area contributed by atoms with Gasteiger partial charge in [0.25, 0.3) is 0 Å². The summed E-state index contributed by atoms with van der Waals surface area (Å²) >= 11 is 13.5. The van der Waals surface area contributed by atoms with E-state index in [2.05, 4.69) is 142 Å². The molecule has 0 saturated carbocycles. The molecule has 0 fully saturated rings. The lowest BCUT2D eigenvalue weighted by Crippen LogP contribution is -2.41. The number of unbranched alkanes of at least 4 members (excludes halogenated alkanes) is 7. The first-order chi connectivity index (χ1) is 16.0. The van der Waals surface area contributed by atoms with Crippen LogP contribution in [0, 0.1) is 21.4 Å². The van der Waals surface area contributed by atoms with E-state index in [1.165, 1.54) is 32.1 Å². The normalized spacial score (nSPS) is 11.7. The summed E-state index contributed by atoms with van der Waals surface area (Å²) in [6, 6.07) is 3.99. The number of benzene rings is 2. The molecule has 34 heavy (non-hydrogen) atoms. The van der Waals surface area contributed by atoms with Crippen LogP contribution in [0.5, 0.6) is 0 Å². The van der Waals surface area contributed by atoms with Gasteiger partial charge in [-0.15, -0.1) is 0 Å². The van der Waals surface area contributed by atoms with Crippen molar-refractivity contribution in [2.45, 2.75) is 70.1 Å². The predicted molar refractivity (Wildman–Crippen MR) is 194 cm³/mol. The number of halogens is 6. The molecule has 0 aliphatic heterocycles. The third-order valence-corrected chi connectivity index (χ3v) is 11.8. The van der Waals surface area contributed by atoms with E-state index in [4.69, 9.17) is 11.5 Å². The van der Waals surface area contributed by atoms with Crippen LogP contribution in [-0.2, 0) is 10.2 Å². The molecule has 0 amide bonds. The lowest BCUT2D eigenvalue weighted by atomic mass is 9.70. The van der Waals surface area contributed by atoms with Crippen LogP contribution in [0.15, 0.2) is 12.1 Å². The quantitative estimate of drug-likeness (QED) is 0.112. The van der Waals surface area contributed by atoms with Crippen molar-refractivity contribution in [3.8, 4) is 0 Å². The Labute approximate surface area is 284 Å². The number of hydrogen-bond donors (Lipinski definition) is 3. The highest BCUT2D eigenvalue weighted by Gasteiger charge is 2.48. The van der Waals surface area contributed by atoms with Crippen molar-refractivity contribution in [3.05, 3.63) is 44.7 Å². The van der Waals surface area contributed by atoms with Crippen molar-refractivity contribution < 1.29 is 9.90 Å². The van der Waals surface area contributed by atoms with Gasteiger partial charge < -0.3 is 16.6 Å². The number of nitrogens with two attached hydrogens (primary N) is 2. The van der Waals surface area contributed by atoms with E-state index < -0.39 is 11.4 Å². The number of carboxylic acid groups (broad SMARTS) is 1. The SMILES string of the molecule is CCCCCCCCCCC(C(=O)O)(c1c(I)cc(I)c(N)c1I)c1c(I)cc(I)c(N)c1I. The number of aliphatic carboxylic acids is 1. The molecule has 0 atom stereocenters. The van der Waals surface area contributed by atoms with E-state index in [0.29, 0.717) is 17.8 Å². The largest absolute Gasteiger partial charge is 0.480 e. The summed E-state index contributed by atoms with van der Waals surface area (Å²) in [6.45, 7) is 2.23. The molecule has 0 aliphatic rings. The van der Waals surface area contributed by atoms with E-state index in [9.17, 15) is 9.90 Å². The molecule has 0 saturated heterocycles. The second-order valence-corrected chi connectivity index (χ2v) is 15.1. The van der Waals surface area contributed by atoms with Gasteiger partial charge in [-0.25, -0.2) is 0 Å². The van der Waals surface area contributed by atoms with Gasteiger partial charge in [-0.3, -0.25) is 4.79 Å². The molecule has 2 aromatic carbocycles. The molecule has 5 N–H and O–H groups in total. The van der Waals surface area contributed by atoms with Gasteiger partial charge in [0.15, 0.2) is 0 Å². The molecule has 2 rings (SSSR count). The third kappa shape index (κ3) is 7.30. The maximum atomic E-state index is 13.4. The van der Waals surface area contributed by atoms with Crippen molar-refractivity contribution in [1.82, 2.24) is 0 Å². The second kappa shape index (κ2) is 14.9. The molecule has 4 nitrogen and oxygen atoms in total. The summed E-state index contributed by atoms with van der Waals surface area (Å²) in [5, 5.41) is 10.9. The van der Waals surface area contributed by atoms with Gasteiger partial charge in [-0.05, 0) is 154 Å². The molecule has 0 heterocycles. The van der Waals surface area contributed by atoms with E-state index in [1.54, 1.807) is 0 Å². The Kier molecular flexibility index (Phi) is 14.1. The van der Waals surface area contributed by atoms with Crippen molar-refractivity contribution in [1.29, 1.82) is 0 Å². The number of carbonyl (C=O) groups is 1. The van der Waals surface area contributed by atoms with Crippen LogP contribution in [0.3, 0.4) is 0 Å². The molecule has 0 aliphatic carbocycles. The monoisotopic (exact) mass is 1140 g/mol. The van der Waals surface area contributed by atoms with Gasteiger partial charge in [-0.1, -0.05) is 58.3 Å². The summed E-state index contributed by atoms with van der Waals surface area (Å²) in [4.78, 5) is 13.4. The number of rotatable bonds is 12. The molecule has 2 aromatic rings. The van der Waals surface area contributed by atoms with Gasteiger partial charge in [0.05, 0.1) is 11.4 Å². The van der Waals surface area contributed by atoms with Crippen LogP contribution in [0.2, 0.25) is 0 Å². The lowest BCUT2D eigenvalue weighted by Gasteiger charge is -2.35. The zero-order valence-corrected chi connectivity index (χ0v) is 31.7. The highest BCUT2D eigenvalue weighted by Crippen LogP contribution is 2.49. The van der Waals surface area contributed by atoms with Gasteiger partial charge in [-0.2, -0.15) is 0 Å². The highest BCUT2D eigenvalue weighted by atomic mass is 127. The van der Waals surface area contributed by atoms with Gasteiger partial charge >= 0.3 is 5.97 Å². The zero-order valence-electron chi connectivity index (χ0n) is 18.8. The Morgan fingerprint density at radius 1 is 0.735 bits per heavy atom. The van der Waals surface area contributed by atoms with Gasteiger partial charge in [0, 0.05) is 32.5 Å². The van der Waals surface area contributed by atoms with E-state index in [1.807, 2.05) is 12.1 Å². The van der Waals surface area contributed by atoms with E-state index >= 15 is 0 Å². The van der Waals surface area contributed by atoms with Crippen LogP contribution >= 0.6 is 136 Å². The predicted octanol–water partition coefficient (Wildman–Crippen LogP) is 9.38. The Hall–Kier alpha value is 1.89. The van der Waals surface area contributed by atoms with Crippen molar-refractivity contribution in [3.63, 3.8) is 0 Å². The molecule has 188 valence electrons. The fraction of sp³-hybridized carbons (Fsp3) is 0.458. The highest BCUT2D eigenvalue weighted by molar-refractivity contribution is 14.1. The molecule has 10 heteroatoms. The van der Waals surface area contributed by atoms with Crippen molar-refractivity contribution in [2.24, 2.45) is 0 Å². The smallest absolute Gasteiger partial charge is 0.318 e. The van der Waals surface area contributed by atoms with Gasteiger partial charge in [0.2, 0.25) is 0 Å². The molecule has 0 radical (unpaired) electrons. The van der Waals surface area contributed by atoms with Gasteiger partial charge in [0.1, 0.15) is 5.41 Å². The molecule has 0 unspecified atom stereocenters. The first kappa shape index (κ1) is 32.1. The lowest BCUT2D eigenvalue weighted by molar-refractivity contribution is -0.142. The molecule has 0 aromatic heterocycles. The third-order valence-electron chi connectivity index (χ3n) is 6.04. The number of nitrogen functional groups attached to an aromatic ring is 2. The van der Waals surface area contributed by atoms with E-state index in [0.717, 1.165) is 51.8 Å². The topological polar surface area (TPSA) is 89.3 Å². The molecular formula is C24H28I6N2O2. The molecular weight excluding hydrogens is 1110 g/mol. The first-order valence-electron chi connectivity index (χ1n) is 11.1. The Balaban J connectivity index is 2.62. The summed E-state index contributed by atoms with van der Waals surface area (Å²) in [7, 11) is 0. The van der Waals surface area contributed by atoms with Crippen LogP contribution in [-0.4, -0.2) is 11.1 Å². The maximum Gasteiger partial charge on any atom is 0.318 e. The van der Waals surface area contributed by atoms with Crippen molar-refractivity contribution in [2.75, 3.05) is 11.5 Å². The Morgan fingerprint density at radius 3 is 1.50 bits per heavy atom. The summed E-state index contributed by atoms with van der Waals surface area (Å²) < 4.78 is 5.36. The van der Waals surface area contributed by atoms with Crippen LogP contribution < -0.4 is 11.5 Å². The average Bonchev–Trinajstić information content (AvgIpc) is 2.77. The van der Waals surface area contributed by atoms with E-state index in [-0.39, 0.29) is 0 Å². The maximum absolute atomic E-state index is 13.4. The van der Waals surface area contributed by atoms with Crippen LogP contribution in [0.1, 0.15) is 75.8 Å².